The summed E-state index contributed by atoms with van der Waals surface area (Å²) >= 11 is 0. The van der Waals surface area contributed by atoms with Crippen molar-refractivity contribution in [2.75, 3.05) is 20.1 Å². The minimum atomic E-state index is -3.48. The Morgan fingerprint density at radius 3 is 2.67 bits per heavy atom. The molecule has 0 saturated carbocycles. The Balaban J connectivity index is 2.99. The van der Waals surface area contributed by atoms with Crippen molar-refractivity contribution in [2.45, 2.75) is 43.9 Å². The van der Waals surface area contributed by atoms with E-state index in [1.807, 2.05) is 0 Å². The Hall–Kier alpha value is -0.660. The third kappa shape index (κ3) is 3.02. The summed E-state index contributed by atoms with van der Waals surface area (Å²) in [6, 6.07) is -0.575. The second-order valence-electron chi connectivity index (χ2n) is 4.55. The Morgan fingerprint density at radius 2 is 2.17 bits per heavy atom. The fourth-order valence-electron chi connectivity index (χ4n) is 2.33. The number of nitrogens with zero attached hydrogens (tertiary/aromatic N) is 1. The summed E-state index contributed by atoms with van der Waals surface area (Å²) in [5.41, 5.74) is 5.52. The summed E-state index contributed by atoms with van der Waals surface area (Å²) in [4.78, 5) is 11.8. The topological polar surface area (TPSA) is 92.5 Å². The van der Waals surface area contributed by atoms with Crippen LogP contribution in [0.2, 0.25) is 0 Å². The van der Waals surface area contributed by atoms with Crippen LogP contribution in [0, 0.1) is 0 Å². The number of carbonyl (C=O) groups is 1. The van der Waals surface area contributed by atoms with Crippen LogP contribution in [0.25, 0.3) is 0 Å². The van der Waals surface area contributed by atoms with Crippen LogP contribution in [0.3, 0.4) is 0 Å². The van der Waals surface area contributed by atoms with Crippen molar-refractivity contribution in [1.29, 1.82) is 0 Å². The molecule has 1 aliphatic rings. The van der Waals surface area contributed by atoms with Gasteiger partial charge in [-0.15, -0.1) is 0 Å². The maximum Gasteiger partial charge on any atom is 0.238 e. The van der Waals surface area contributed by atoms with Gasteiger partial charge >= 0.3 is 0 Å². The molecule has 0 radical (unpaired) electrons. The van der Waals surface area contributed by atoms with Crippen molar-refractivity contribution in [3.05, 3.63) is 0 Å². The van der Waals surface area contributed by atoms with E-state index in [1.165, 1.54) is 11.4 Å². The molecule has 0 spiro atoms. The number of rotatable bonds is 5. The molecule has 0 bridgehead atoms. The number of likely N-dealkylation sites (N-methyl/N-ethyl adjacent to an activating group) is 1. The highest BCUT2D eigenvalue weighted by Gasteiger charge is 2.39. The predicted octanol–water partition coefficient (Wildman–Crippen LogP) is -0.346. The van der Waals surface area contributed by atoms with Crippen molar-refractivity contribution < 1.29 is 13.2 Å². The monoisotopic (exact) mass is 277 g/mol. The predicted molar refractivity (Wildman–Crippen MR) is 70.5 cm³/mol. The van der Waals surface area contributed by atoms with E-state index in [0.29, 0.717) is 19.4 Å². The molecule has 0 aliphatic carbocycles. The maximum atomic E-state index is 12.4. The van der Waals surface area contributed by atoms with Crippen molar-refractivity contribution in [3.63, 3.8) is 0 Å². The van der Waals surface area contributed by atoms with Gasteiger partial charge < -0.3 is 11.1 Å². The average Bonchev–Trinajstić information content (AvgIpc) is 2.39. The lowest BCUT2D eigenvalue weighted by atomic mass is 10.0. The average molecular weight is 277 g/mol. The van der Waals surface area contributed by atoms with Gasteiger partial charge in [-0.1, -0.05) is 13.3 Å². The highest BCUT2D eigenvalue weighted by molar-refractivity contribution is 7.89. The Kier molecular flexibility index (Phi) is 5.55. The van der Waals surface area contributed by atoms with Crippen LogP contribution >= 0.6 is 0 Å². The Morgan fingerprint density at radius 1 is 1.50 bits per heavy atom. The quantitative estimate of drug-likeness (QED) is 0.718. The van der Waals surface area contributed by atoms with E-state index >= 15 is 0 Å². The highest BCUT2D eigenvalue weighted by Crippen LogP contribution is 2.23. The fraction of sp³-hybridized carbons (Fsp3) is 0.909. The van der Waals surface area contributed by atoms with Crippen LogP contribution in [0.5, 0.6) is 0 Å². The number of nitrogens with two attached hydrogens (primary N) is 1. The third-order valence-corrected chi connectivity index (χ3v) is 5.93. The van der Waals surface area contributed by atoms with Gasteiger partial charge in [0.05, 0.1) is 5.25 Å². The van der Waals surface area contributed by atoms with E-state index in [1.54, 1.807) is 6.92 Å². The minimum absolute atomic E-state index is 0.0931. The number of hydrogen-bond donors (Lipinski definition) is 2. The molecule has 0 aromatic rings. The first-order valence-electron chi connectivity index (χ1n) is 6.41. The Labute approximate surface area is 109 Å². The molecule has 7 heteroatoms. The third-order valence-electron chi connectivity index (χ3n) is 3.47. The van der Waals surface area contributed by atoms with Gasteiger partial charge in [0.25, 0.3) is 0 Å². The second kappa shape index (κ2) is 6.49. The van der Waals surface area contributed by atoms with Crippen molar-refractivity contribution in [2.24, 2.45) is 5.73 Å². The number of nitrogens with one attached hydrogen (secondary N) is 1. The molecule has 1 aliphatic heterocycles. The van der Waals surface area contributed by atoms with Gasteiger partial charge in [0, 0.05) is 20.1 Å². The molecular weight excluding hydrogens is 254 g/mol. The van der Waals surface area contributed by atoms with Crippen LogP contribution < -0.4 is 11.1 Å². The zero-order chi connectivity index (χ0) is 13.8. The SMILES string of the molecule is CCC(CN)S(=O)(=O)N1CCCCC1C(=O)NC. The smallest absolute Gasteiger partial charge is 0.238 e. The number of amides is 1. The zero-order valence-electron chi connectivity index (χ0n) is 11.1. The molecule has 106 valence electrons. The van der Waals surface area contributed by atoms with E-state index in [2.05, 4.69) is 5.32 Å². The lowest BCUT2D eigenvalue weighted by Gasteiger charge is -2.35. The molecule has 1 rings (SSSR count). The first kappa shape index (κ1) is 15.4. The summed E-state index contributed by atoms with van der Waals surface area (Å²) in [6.45, 7) is 2.31. The normalized spacial score (nSPS) is 23.6. The van der Waals surface area contributed by atoms with Gasteiger partial charge in [-0.05, 0) is 19.3 Å². The van der Waals surface area contributed by atoms with Gasteiger partial charge in [-0.3, -0.25) is 4.79 Å². The molecule has 3 N–H and O–H groups in total. The first-order valence-corrected chi connectivity index (χ1v) is 7.91. The van der Waals surface area contributed by atoms with Crippen LogP contribution in [0.1, 0.15) is 32.6 Å². The van der Waals surface area contributed by atoms with Crippen molar-refractivity contribution in [1.82, 2.24) is 9.62 Å². The second-order valence-corrected chi connectivity index (χ2v) is 6.71. The van der Waals surface area contributed by atoms with Gasteiger partial charge in [0.2, 0.25) is 15.9 Å². The lowest BCUT2D eigenvalue weighted by molar-refractivity contribution is -0.125. The first-order chi connectivity index (χ1) is 8.48. The maximum absolute atomic E-state index is 12.4. The summed E-state index contributed by atoms with van der Waals surface area (Å²) in [6.07, 6.45) is 2.73. The van der Waals surface area contributed by atoms with Gasteiger partial charge in [-0.25, -0.2) is 8.42 Å². The standard InChI is InChI=1S/C11H23N3O3S/c1-3-9(8-12)18(16,17)14-7-5-4-6-10(14)11(15)13-2/h9-10H,3-8,12H2,1-2H3,(H,13,15). The van der Waals surface area contributed by atoms with E-state index in [9.17, 15) is 13.2 Å². The summed E-state index contributed by atoms with van der Waals surface area (Å²) in [5.74, 6) is -0.231. The van der Waals surface area contributed by atoms with Crippen molar-refractivity contribution in [3.8, 4) is 0 Å². The number of sulfonamides is 1. The molecule has 0 aromatic heterocycles. The molecule has 0 aromatic carbocycles. The van der Waals surface area contributed by atoms with Crippen LogP contribution in [0.15, 0.2) is 0 Å². The summed E-state index contributed by atoms with van der Waals surface area (Å²) in [7, 11) is -1.95. The number of carbonyl (C=O) groups excluding carboxylic acids is 1. The molecular formula is C11H23N3O3S. The summed E-state index contributed by atoms with van der Waals surface area (Å²) in [5, 5.41) is 1.94. The molecule has 1 amide bonds. The number of piperidine rings is 1. The molecule has 2 unspecified atom stereocenters. The molecule has 2 atom stereocenters. The zero-order valence-corrected chi connectivity index (χ0v) is 11.9. The molecule has 1 fully saturated rings. The number of hydrogen-bond acceptors (Lipinski definition) is 4. The van der Waals surface area contributed by atoms with Gasteiger partial charge in [0.1, 0.15) is 6.04 Å². The Bertz CT molecular complexity index is 379. The van der Waals surface area contributed by atoms with Crippen molar-refractivity contribution >= 4 is 15.9 Å². The highest BCUT2D eigenvalue weighted by atomic mass is 32.2. The summed E-state index contributed by atoms with van der Waals surface area (Å²) < 4.78 is 26.2. The van der Waals surface area contributed by atoms with Gasteiger partial charge in [-0.2, -0.15) is 4.31 Å². The van der Waals surface area contributed by atoms with Crippen LogP contribution in [-0.4, -0.2) is 50.1 Å². The van der Waals surface area contributed by atoms with Crippen LogP contribution in [0.4, 0.5) is 0 Å². The molecule has 1 heterocycles. The van der Waals surface area contributed by atoms with Crippen LogP contribution in [-0.2, 0) is 14.8 Å². The van der Waals surface area contributed by atoms with E-state index < -0.39 is 21.3 Å². The fourth-order valence-corrected chi connectivity index (χ4v) is 4.32. The lowest BCUT2D eigenvalue weighted by Crippen LogP contribution is -2.54. The largest absolute Gasteiger partial charge is 0.358 e. The van der Waals surface area contributed by atoms with E-state index in [0.717, 1.165) is 12.8 Å². The molecule has 1 saturated heterocycles. The minimum Gasteiger partial charge on any atom is -0.358 e. The molecule has 6 nitrogen and oxygen atoms in total. The van der Waals surface area contributed by atoms with Gasteiger partial charge in [0.15, 0.2) is 0 Å². The van der Waals surface area contributed by atoms with E-state index in [4.69, 9.17) is 5.73 Å². The molecule has 18 heavy (non-hydrogen) atoms. The van der Waals surface area contributed by atoms with E-state index in [-0.39, 0.29) is 12.5 Å².